The summed E-state index contributed by atoms with van der Waals surface area (Å²) in [6.45, 7) is 19.0. The molecule has 4 rings (SSSR count). The van der Waals surface area contributed by atoms with Gasteiger partial charge in [0.25, 0.3) is 0 Å². The molecule has 1 heteroatoms. The van der Waals surface area contributed by atoms with Gasteiger partial charge >= 0.3 is 0 Å². The number of fused-ring (bicyclic) bond motifs is 5. The molecular formula is C29H46O. The SMILES string of the molecule is C=C(CC[C@@H](C)[C@H]1CC[C@H]2[C@@H]3CCC4=CC(=O)CC[C@]4(C)[C@H]3CC[C@]12C)C(C)(C)C. The molecule has 0 radical (unpaired) electrons. The zero-order valence-corrected chi connectivity index (χ0v) is 20.7. The molecule has 0 aliphatic heterocycles. The highest BCUT2D eigenvalue weighted by Crippen LogP contribution is 2.67. The summed E-state index contributed by atoms with van der Waals surface area (Å²) in [6, 6.07) is 0. The summed E-state index contributed by atoms with van der Waals surface area (Å²) in [5.74, 6) is 4.68. The second-order valence-corrected chi connectivity index (χ2v) is 13.1. The molecule has 168 valence electrons. The molecule has 1 nitrogen and oxygen atoms in total. The van der Waals surface area contributed by atoms with Gasteiger partial charge in [0.05, 0.1) is 0 Å². The second-order valence-electron chi connectivity index (χ2n) is 13.1. The van der Waals surface area contributed by atoms with Gasteiger partial charge in [-0.2, -0.15) is 0 Å². The Balaban J connectivity index is 1.48. The van der Waals surface area contributed by atoms with Gasteiger partial charge in [0.15, 0.2) is 5.78 Å². The lowest BCUT2D eigenvalue weighted by Crippen LogP contribution is -2.51. The minimum atomic E-state index is 0.240. The fraction of sp³-hybridized carbons (Fsp3) is 0.828. The molecule has 3 fully saturated rings. The number of allylic oxidation sites excluding steroid dienone is 2. The van der Waals surface area contributed by atoms with Gasteiger partial charge < -0.3 is 0 Å². The number of ketones is 1. The van der Waals surface area contributed by atoms with Crippen LogP contribution in [0.25, 0.3) is 0 Å². The number of rotatable bonds is 4. The van der Waals surface area contributed by atoms with Crippen molar-refractivity contribution in [3.63, 3.8) is 0 Å². The molecule has 7 atom stereocenters. The molecule has 0 unspecified atom stereocenters. The Hall–Kier alpha value is -0.850. The molecule has 3 saturated carbocycles. The smallest absolute Gasteiger partial charge is 0.155 e. The fourth-order valence-electron chi connectivity index (χ4n) is 8.51. The number of hydrogen-bond donors (Lipinski definition) is 0. The minimum absolute atomic E-state index is 0.240. The van der Waals surface area contributed by atoms with Crippen LogP contribution in [0.15, 0.2) is 23.8 Å². The van der Waals surface area contributed by atoms with Crippen LogP contribution in [0.2, 0.25) is 0 Å². The Morgan fingerprint density at radius 1 is 1.10 bits per heavy atom. The second kappa shape index (κ2) is 7.63. The third kappa shape index (κ3) is 3.57. The van der Waals surface area contributed by atoms with Gasteiger partial charge in [0.2, 0.25) is 0 Å². The van der Waals surface area contributed by atoms with E-state index in [0.29, 0.717) is 16.6 Å². The Bertz CT molecular complexity index is 736. The largest absolute Gasteiger partial charge is 0.295 e. The van der Waals surface area contributed by atoms with E-state index >= 15 is 0 Å². The van der Waals surface area contributed by atoms with Crippen molar-refractivity contribution < 1.29 is 4.79 Å². The van der Waals surface area contributed by atoms with Crippen LogP contribution in [0.5, 0.6) is 0 Å². The maximum Gasteiger partial charge on any atom is 0.155 e. The molecular weight excluding hydrogens is 364 g/mol. The van der Waals surface area contributed by atoms with Gasteiger partial charge in [0.1, 0.15) is 0 Å². The van der Waals surface area contributed by atoms with Crippen LogP contribution in [0.3, 0.4) is 0 Å². The Morgan fingerprint density at radius 2 is 1.83 bits per heavy atom. The van der Waals surface area contributed by atoms with Crippen LogP contribution in [0.1, 0.15) is 106 Å². The number of carbonyl (C=O) groups excluding carboxylic acids is 1. The lowest BCUT2D eigenvalue weighted by Gasteiger charge is -2.58. The summed E-state index contributed by atoms with van der Waals surface area (Å²) < 4.78 is 0. The van der Waals surface area contributed by atoms with Crippen molar-refractivity contribution in [3.8, 4) is 0 Å². The third-order valence-corrected chi connectivity index (χ3v) is 10.7. The average molecular weight is 411 g/mol. The number of carbonyl (C=O) groups is 1. The van der Waals surface area contributed by atoms with Crippen LogP contribution in [-0.2, 0) is 4.79 Å². The lowest BCUT2D eigenvalue weighted by molar-refractivity contribution is -0.117. The van der Waals surface area contributed by atoms with E-state index in [0.717, 1.165) is 42.4 Å². The molecule has 0 aromatic carbocycles. The van der Waals surface area contributed by atoms with Crippen LogP contribution < -0.4 is 0 Å². The first-order chi connectivity index (χ1) is 14.0. The summed E-state index contributed by atoms with van der Waals surface area (Å²) in [4.78, 5) is 12.1. The molecule has 0 saturated heterocycles. The van der Waals surface area contributed by atoms with Crippen molar-refractivity contribution in [2.75, 3.05) is 0 Å². The van der Waals surface area contributed by atoms with Crippen molar-refractivity contribution >= 4 is 5.78 Å². The molecule has 0 spiro atoms. The quantitative estimate of drug-likeness (QED) is 0.427. The van der Waals surface area contributed by atoms with E-state index in [2.05, 4.69) is 54.2 Å². The molecule has 0 amide bonds. The number of hydrogen-bond acceptors (Lipinski definition) is 1. The van der Waals surface area contributed by atoms with Gasteiger partial charge in [-0.15, -0.1) is 0 Å². The zero-order valence-electron chi connectivity index (χ0n) is 20.7. The Morgan fingerprint density at radius 3 is 2.53 bits per heavy atom. The first-order valence-corrected chi connectivity index (χ1v) is 12.9. The molecule has 0 heterocycles. The van der Waals surface area contributed by atoms with Gasteiger partial charge in [-0.05, 0) is 110 Å². The summed E-state index contributed by atoms with van der Waals surface area (Å²) in [5.41, 5.74) is 4.01. The third-order valence-electron chi connectivity index (χ3n) is 10.7. The Labute approximate surface area is 186 Å². The van der Waals surface area contributed by atoms with Gasteiger partial charge in [0, 0.05) is 6.42 Å². The monoisotopic (exact) mass is 410 g/mol. The van der Waals surface area contributed by atoms with Crippen LogP contribution in [0.4, 0.5) is 0 Å². The normalized spacial score (nSPS) is 42.1. The first-order valence-electron chi connectivity index (χ1n) is 12.9. The van der Waals surface area contributed by atoms with Gasteiger partial charge in [-0.1, -0.05) is 59.3 Å². The van der Waals surface area contributed by atoms with E-state index in [9.17, 15) is 4.79 Å². The summed E-state index contributed by atoms with van der Waals surface area (Å²) in [5, 5.41) is 0. The maximum absolute atomic E-state index is 12.1. The molecule has 4 aliphatic rings. The molecule has 0 N–H and O–H groups in total. The predicted molar refractivity (Wildman–Crippen MR) is 127 cm³/mol. The summed E-state index contributed by atoms with van der Waals surface area (Å²) >= 11 is 0. The summed E-state index contributed by atoms with van der Waals surface area (Å²) in [7, 11) is 0. The van der Waals surface area contributed by atoms with Crippen molar-refractivity contribution in [1.82, 2.24) is 0 Å². The average Bonchev–Trinajstić information content (AvgIpc) is 3.03. The zero-order chi connectivity index (χ0) is 21.9. The highest BCUT2D eigenvalue weighted by molar-refractivity contribution is 5.91. The highest BCUT2D eigenvalue weighted by atomic mass is 16.1. The van der Waals surface area contributed by atoms with E-state index in [-0.39, 0.29) is 5.41 Å². The van der Waals surface area contributed by atoms with Crippen molar-refractivity contribution in [2.45, 2.75) is 106 Å². The lowest BCUT2D eigenvalue weighted by atomic mass is 9.46. The molecule has 4 aliphatic carbocycles. The molecule has 0 bridgehead atoms. The predicted octanol–water partition coefficient (Wildman–Crippen LogP) is 8.15. The van der Waals surface area contributed by atoms with E-state index in [1.54, 1.807) is 0 Å². The topological polar surface area (TPSA) is 17.1 Å². The van der Waals surface area contributed by atoms with Crippen LogP contribution in [0, 0.1) is 45.8 Å². The highest BCUT2D eigenvalue weighted by Gasteiger charge is 2.59. The van der Waals surface area contributed by atoms with E-state index in [4.69, 9.17) is 0 Å². The Kier molecular flexibility index (Phi) is 5.68. The summed E-state index contributed by atoms with van der Waals surface area (Å²) in [6.07, 6.45) is 14.6. The molecule has 0 aromatic heterocycles. The van der Waals surface area contributed by atoms with Gasteiger partial charge in [-0.25, -0.2) is 0 Å². The van der Waals surface area contributed by atoms with Gasteiger partial charge in [-0.3, -0.25) is 4.79 Å². The van der Waals surface area contributed by atoms with E-state index < -0.39 is 0 Å². The van der Waals surface area contributed by atoms with Crippen molar-refractivity contribution in [3.05, 3.63) is 23.8 Å². The van der Waals surface area contributed by atoms with E-state index in [1.807, 2.05) is 0 Å². The first kappa shape index (κ1) is 22.3. The van der Waals surface area contributed by atoms with Crippen molar-refractivity contribution in [2.24, 2.45) is 45.8 Å². The fourth-order valence-corrected chi connectivity index (χ4v) is 8.51. The minimum Gasteiger partial charge on any atom is -0.295 e. The molecule has 30 heavy (non-hydrogen) atoms. The van der Waals surface area contributed by atoms with Crippen LogP contribution >= 0.6 is 0 Å². The maximum atomic E-state index is 12.1. The molecule has 0 aromatic rings. The van der Waals surface area contributed by atoms with E-state index in [1.165, 1.54) is 62.5 Å². The van der Waals surface area contributed by atoms with Crippen molar-refractivity contribution in [1.29, 1.82) is 0 Å². The standard InChI is InChI=1S/C29H46O/c1-19(8-9-20(2)27(3,4)5)24-12-13-25-23-11-10-21-18-22(30)14-16-28(21,6)26(23)15-17-29(24,25)7/h18-19,23-26H,2,8-17H2,1,3-7H3/t19-,23+,24-,25+,26+,28+,29-/m1/s1. The van der Waals surface area contributed by atoms with Crippen LogP contribution in [-0.4, -0.2) is 5.78 Å².